The van der Waals surface area contributed by atoms with Crippen LogP contribution in [0.5, 0.6) is 11.5 Å². The fourth-order valence-corrected chi connectivity index (χ4v) is 7.48. The fraction of sp³-hybridized carbons (Fsp3) is 0. The quantitative estimate of drug-likeness (QED) is 0.205. The zero-order valence-electron chi connectivity index (χ0n) is 24.8. The number of rotatable bonds is 3. The lowest BCUT2D eigenvalue weighted by Gasteiger charge is -2.23. The van der Waals surface area contributed by atoms with Crippen LogP contribution in [0, 0.1) is 0 Å². The predicted octanol–water partition coefficient (Wildman–Crippen LogP) is 12.7. The largest absolute Gasteiger partial charge is 0.456 e. The normalized spacial score (nSPS) is 12.1. The van der Waals surface area contributed by atoms with Crippen LogP contribution < -0.4 is 4.74 Å². The molecule has 0 bridgehead atoms. The van der Waals surface area contributed by atoms with Gasteiger partial charge in [0.1, 0.15) is 22.7 Å². The molecule has 1 aromatic heterocycles. The molecule has 0 spiro atoms. The van der Waals surface area contributed by atoms with Crippen molar-refractivity contribution in [2.45, 2.75) is 0 Å². The van der Waals surface area contributed by atoms with Gasteiger partial charge in [-0.1, -0.05) is 121 Å². The van der Waals surface area contributed by atoms with Crippen molar-refractivity contribution in [1.29, 1.82) is 0 Å². The van der Waals surface area contributed by atoms with E-state index in [0.717, 1.165) is 44.4 Å². The first-order valence-corrected chi connectivity index (χ1v) is 15.7. The van der Waals surface area contributed by atoms with Crippen molar-refractivity contribution in [3.8, 4) is 56.0 Å². The Labute approximate surface area is 265 Å². The molecule has 1 aliphatic heterocycles. The van der Waals surface area contributed by atoms with Gasteiger partial charge in [0.2, 0.25) is 0 Å². The molecule has 0 atom stereocenters. The van der Waals surface area contributed by atoms with Crippen molar-refractivity contribution in [3.63, 3.8) is 0 Å². The molecule has 9 aromatic rings. The Morgan fingerprint density at radius 1 is 0.326 bits per heavy atom. The van der Waals surface area contributed by atoms with Crippen molar-refractivity contribution in [3.05, 3.63) is 158 Å². The van der Waals surface area contributed by atoms with Gasteiger partial charge in [-0.2, -0.15) is 0 Å². The molecular formula is C44H26O2. The van der Waals surface area contributed by atoms with Gasteiger partial charge in [-0.05, 0) is 91.5 Å². The minimum atomic E-state index is 0.895. The highest BCUT2D eigenvalue weighted by Crippen LogP contribution is 2.49. The molecule has 0 amide bonds. The van der Waals surface area contributed by atoms with E-state index in [-0.39, 0.29) is 0 Å². The van der Waals surface area contributed by atoms with Gasteiger partial charge < -0.3 is 9.15 Å². The van der Waals surface area contributed by atoms with Gasteiger partial charge in [0.05, 0.1) is 0 Å². The van der Waals surface area contributed by atoms with Gasteiger partial charge in [-0.25, -0.2) is 0 Å². The average molecular weight is 587 g/mol. The van der Waals surface area contributed by atoms with Crippen LogP contribution in [0.2, 0.25) is 0 Å². The molecule has 0 aliphatic carbocycles. The maximum atomic E-state index is 6.46. The predicted molar refractivity (Wildman–Crippen MR) is 191 cm³/mol. The van der Waals surface area contributed by atoms with E-state index in [4.69, 9.17) is 9.15 Å². The van der Waals surface area contributed by atoms with Crippen LogP contribution in [-0.4, -0.2) is 0 Å². The van der Waals surface area contributed by atoms with Gasteiger partial charge in [-0.15, -0.1) is 0 Å². The number of ether oxygens (including phenoxy) is 1. The van der Waals surface area contributed by atoms with E-state index in [0.29, 0.717) is 0 Å². The lowest BCUT2D eigenvalue weighted by Crippen LogP contribution is -1.97. The lowest BCUT2D eigenvalue weighted by molar-refractivity contribution is 0.487. The lowest BCUT2D eigenvalue weighted by atomic mass is 9.86. The van der Waals surface area contributed by atoms with Gasteiger partial charge >= 0.3 is 0 Å². The van der Waals surface area contributed by atoms with E-state index in [2.05, 4.69) is 152 Å². The minimum Gasteiger partial charge on any atom is -0.456 e. The summed E-state index contributed by atoms with van der Waals surface area (Å²) in [5.41, 5.74) is 11.2. The molecule has 46 heavy (non-hydrogen) atoms. The molecule has 0 fully saturated rings. The molecule has 0 N–H and O–H groups in total. The molecular weight excluding hydrogens is 560 g/mol. The average Bonchev–Trinajstić information content (AvgIpc) is 3.51. The second-order valence-corrected chi connectivity index (χ2v) is 12.0. The van der Waals surface area contributed by atoms with Crippen LogP contribution in [-0.2, 0) is 0 Å². The summed E-state index contributed by atoms with van der Waals surface area (Å²) in [6.07, 6.45) is 0. The molecule has 2 heterocycles. The first-order chi connectivity index (χ1) is 22.8. The van der Waals surface area contributed by atoms with Crippen molar-refractivity contribution in [2.75, 3.05) is 0 Å². The number of benzene rings is 8. The van der Waals surface area contributed by atoms with E-state index in [1.165, 1.54) is 55.1 Å². The standard InChI is InChI=1S/C44H26O2/c1-2-14-31-27(11-1)23-24-41-43(31)44-36(19-10-22-40(44)46-41)34-17-6-5-16-33(34)32-15-4-3-13-30(32)29-25-28-12-9-21-39-42(28)37(26-29)35-18-7-8-20-38(35)45-39/h1-26H. The van der Waals surface area contributed by atoms with Gasteiger partial charge in [0.25, 0.3) is 0 Å². The monoisotopic (exact) mass is 586 g/mol. The van der Waals surface area contributed by atoms with E-state index in [1.807, 2.05) is 6.07 Å². The zero-order chi connectivity index (χ0) is 30.2. The summed E-state index contributed by atoms with van der Waals surface area (Å²) >= 11 is 0. The van der Waals surface area contributed by atoms with Crippen LogP contribution in [0.3, 0.4) is 0 Å². The SMILES string of the molecule is c1ccc2c(c1)Oc1cccc3cc(-c4ccccc4-c4ccccc4-c4cccc5oc6ccc7ccccc7c6c45)cc-2c13. The minimum absolute atomic E-state index is 0.895. The highest BCUT2D eigenvalue weighted by molar-refractivity contribution is 6.23. The van der Waals surface area contributed by atoms with Gasteiger partial charge in [0, 0.05) is 21.7 Å². The number of para-hydroxylation sites is 1. The molecule has 0 radical (unpaired) electrons. The molecule has 2 heteroatoms. The Hall–Kier alpha value is -6.12. The van der Waals surface area contributed by atoms with Crippen molar-refractivity contribution in [2.24, 2.45) is 0 Å². The topological polar surface area (TPSA) is 22.4 Å². The summed E-state index contributed by atoms with van der Waals surface area (Å²) in [7, 11) is 0. The molecule has 0 saturated heterocycles. The maximum Gasteiger partial charge on any atom is 0.136 e. The van der Waals surface area contributed by atoms with Crippen LogP contribution >= 0.6 is 0 Å². The Morgan fingerprint density at radius 2 is 0.935 bits per heavy atom. The van der Waals surface area contributed by atoms with Crippen molar-refractivity contribution < 1.29 is 9.15 Å². The highest BCUT2D eigenvalue weighted by Gasteiger charge is 2.22. The number of hydrogen-bond acceptors (Lipinski definition) is 2. The first kappa shape index (κ1) is 25.2. The summed E-state index contributed by atoms with van der Waals surface area (Å²) < 4.78 is 12.8. The third-order valence-corrected chi connectivity index (χ3v) is 9.47. The smallest absolute Gasteiger partial charge is 0.136 e. The number of furan rings is 1. The first-order valence-electron chi connectivity index (χ1n) is 15.7. The molecule has 0 saturated carbocycles. The van der Waals surface area contributed by atoms with Crippen molar-refractivity contribution in [1.82, 2.24) is 0 Å². The molecule has 10 rings (SSSR count). The van der Waals surface area contributed by atoms with E-state index < -0.39 is 0 Å². The molecule has 8 aromatic carbocycles. The van der Waals surface area contributed by atoms with Gasteiger partial charge in [0.15, 0.2) is 0 Å². The summed E-state index contributed by atoms with van der Waals surface area (Å²) in [4.78, 5) is 0. The third kappa shape index (κ3) is 3.65. The van der Waals surface area contributed by atoms with Crippen molar-refractivity contribution >= 4 is 43.5 Å². The Bertz CT molecular complexity index is 2680. The Balaban J connectivity index is 1.23. The second kappa shape index (κ2) is 9.69. The number of fused-ring (bicyclic) bond motifs is 7. The molecule has 0 unspecified atom stereocenters. The summed E-state index contributed by atoms with van der Waals surface area (Å²) in [6, 6.07) is 56.1. The van der Waals surface area contributed by atoms with Gasteiger partial charge in [-0.3, -0.25) is 0 Å². The third-order valence-electron chi connectivity index (χ3n) is 9.47. The van der Waals surface area contributed by atoms with Crippen LogP contribution in [0.15, 0.2) is 162 Å². The van der Waals surface area contributed by atoms with E-state index >= 15 is 0 Å². The fourth-order valence-electron chi connectivity index (χ4n) is 7.48. The maximum absolute atomic E-state index is 6.46. The Morgan fingerprint density at radius 3 is 1.80 bits per heavy atom. The molecule has 214 valence electrons. The molecule has 2 nitrogen and oxygen atoms in total. The number of hydrogen-bond donors (Lipinski definition) is 0. The van der Waals surface area contributed by atoms with Crippen LogP contribution in [0.1, 0.15) is 0 Å². The summed E-state index contributed by atoms with van der Waals surface area (Å²) in [5.74, 6) is 1.80. The van der Waals surface area contributed by atoms with E-state index in [1.54, 1.807) is 0 Å². The summed E-state index contributed by atoms with van der Waals surface area (Å²) in [5, 5.41) is 7.06. The highest BCUT2D eigenvalue weighted by atomic mass is 16.5. The second-order valence-electron chi connectivity index (χ2n) is 12.0. The molecule has 1 aliphatic rings. The Kier molecular flexibility index (Phi) is 5.31. The summed E-state index contributed by atoms with van der Waals surface area (Å²) in [6.45, 7) is 0. The van der Waals surface area contributed by atoms with E-state index in [9.17, 15) is 0 Å². The van der Waals surface area contributed by atoms with Crippen LogP contribution in [0.4, 0.5) is 0 Å². The van der Waals surface area contributed by atoms with Crippen LogP contribution in [0.25, 0.3) is 88.0 Å². The zero-order valence-corrected chi connectivity index (χ0v) is 24.8.